The van der Waals surface area contributed by atoms with Crippen molar-refractivity contribution in [2.45, 2.75) is 32.2 Å². The average Bonchev–Trinajstić information content (AvgIpc) is 2.72. The molecule has 20 heavy (non-hydrogen) atoms. The number of aromatic nitrogens is 1. The maximum atomic E-state index is 12.3. The lowest BCUT2D eigenvalue weighted by atomic mass is 10.2. The molecule has 1 aromatic carbocycles. The van der Waals surface area contributed by atoms with E-state index in [1.165, 1.54) is 0 Å². The third-order valence-electron chi connectivity index (χ3n) is 3.37. The summed E-state index contributed by atoms with van der Waals surface area (Å²) in [6.45, 7) is 7.04. The maximum Gasteiger partial charge on any atom is 0.174 e. The first-order valence-corrected chi connectivity index (χ1v) is 7.97. The average molecular weight is 308 g/mol. The van der Waals surface area contributed by atoms with E-state index in [0.29, 0.717) is 10.8 Å². The number of carbonyl (C=O) groups is 1. The standard InChI is InChI=1S/C16H18ClNOS/c1-4-18-11(2)9-15(12(18)3)16(19)10-20-14-7-5-13(17)6-8-14/h5-9H,4,10H2,1-3H3. The molecule has 2 aromatic rings. The van der Waals surface area contributed by atoms with Crippen LogP contribution < -0.4 is 0 Å². The van der Waals surface area contributed by atoms with Gasteiger partial charge in [-0.25, -0.2) is 0 Å². The monoisotopic (exact) mass is 307 g/mol. The van der Waals surface area contributed by atoms with E-state index in [4.69, 9.17) is 11.6 Å². The van der Waals surface area contributed by atoms with Crippen molar-refractivity contribution in [2.75, 3.05) is 5.75 Å². The molecular formula is C16H18ClNOS. The molecule has 2 nitrogen and oxygen atoms in total. The zero-order valence-corrected chi connectivity index (χ0v) is 13.5. The van der Waals surface area contributed by atoms with E-state index in [1.807, 2.05) is 44.2 Å². The van der Waals surface area contributed by atoms with Crippen LogP contribution >= 0.6 is 23.4 Å². The van der Waals surface area contributed by atoms with Crippen molar-refractivity contribution >= 4 is 29.1 Å². The van der Waals surface area contributed by atoms with Gasteiger partial charge in [0.25, 0.3) is 0 Å². The Kier molecular flexibility index (Phi) is 4.95. The number of hydrogen-bond acceptors (Lipinski definition) is 2. The molecule has 0 spiro atoms. The fourth-order valence-corrected chi connectivity index (χ4v) is 3.24. The van der Waals surface area contributed by atoms with Crippen LogP contribution in [-0.2, 0) is 6.54 Å². The van der Waals surface area contributed by atoms with Gasteiger partial charge in [0.2, 0.25) is 0 Å². The molecule has 0 radical (unpaired) electrons. The molecular weight excluding hydrogens is 290 g/mol. The van der Waals surface area contributed by atoms with Crippen molar-refractivity contribution in [3.63, 3.8) is 0 Å². The van der Waals surface area contributed by atoms with E-state index in [2.05, 4.69) is 11.5 Å². The highest BCUT2D eigenvalue weighted by molar-refractivity contribution is 8.00. The van der Waals surface area contributed by atoms with Crippen LogP contribution in [0.25, 0.3) is 0 Å². The van der Waals surface area contributed by atoms with E-state index in [1.54, 1.807) is 11.8 Å². The summed E-state index contributed by atoms with van der Waals surface area (Å²) in [6, 6.07) is 9.56. The van der Waals surface area contributed by atoms with Crippen LogP contribution in [0.2, 0.25) is 5.02 Å². The molecule has 0 bridgehead atoms. The zero-order valence-electron chi connectivity index (χ0n) is 11.9. The van der Waals surface area contributed by atoms with E-state index in [-0.39, 0.29) is 5.78 Å². The molecule has 2 rings (SSSR count). The van der Waals surface area contributed by atoms with E-state index in [0.717, 1.165) is 28.4 Å². The summed E-state index contributed by atoms with van der Waals surface area (Å²) >= 11 is 7.39. The minimum absolute atomic E-state index is 0.178. The van der Waals surface area contributed by atoms with Gasteiger partial charge in [-0.05, 0) is 51.1 Å². The van der Waals surface area contributed by atoms with Gasteiger partial charge in [0.05, 0.1) is 5.75 Å². The van der Waals surface area contributed by atoms with Crippen LogP contribution in [0.4, 0.5) is 0 Å². The summed E-state index contributed by atoms with van der Waals surface area (Å²) in [7, 11) is 0. The summed E-state index contributed by atoms with van der Waals surface area (Å²) in [6.07, 6.45) is 0. The molecule has 0 aliphatic carbocycles. The van der Waals surface area contributed by atoms with Crippen molar-refractivity contribution in [1.82, 2.24) is 4.57 Å². The van der Waals surface area contributed by atoms with Crippen LogP contribution in [0.15, 0.2) is 35.2 Å². The van der Waals surface area contributed by atoms with Crippen LogP contribution in [0.3, 0.4) is 0 Å². The summed E-state index contributed by atoms with van der Waals surface area (Å²) in [5.41, 5.74) is 3.04. The fraction of sp³-hybridized carbons (Fsp3) is 0.312. The number of hydrogen-bond donors (Lipinski definition) is 0. The van der Waals surface area contributed by atoms with Gasteiger partial charge in [-0.3, -0.25) is 4.79 Å². The molecule has 0 fully saturated rings. The van der Waals surface area contributed by atoms with E-state index in [9.17, 15) is 4.79 Å². The predicted molar refractivity (Wildman–Crippen MR) is 86.1 cm³/mol. The number of rotatable bonds is 5. The van der Waals surface area contributed by atoms with Crippen molar-refractivity contribution in [3.8, 4) is 0 Å². The first kappa shape index (κ1) is 15.2. The highest BCUT2D eigenvalue weighted by Gasteiger charge is 2.15. The Labute approximate surface area is 129 Å². The molecule has 4 heteroatoms. The zero-order chi connectivity index (χ0) is 14.7. The molecule has 0 aliphatic heterocycles. The highest BCUT2D eigenvalue weighted by atomic mass is 35.5. The number of thioether (sulfide) groups is 1. The second-order valence-electron chi connectivity index (χ2n) is 4.69. The topological polar surface area (TPSA) is 22.0 Å². The van der Waals surface area contributed by atoms with Crippen molar-refractivity contribution in [1.29, 1.82) is 0 Å². The molecule has 0 atom stereocenters. The van der Waals surface area contributed by atoms with Gasteiger partial charge in [-0.1, -0.05) is 11.6 Å². The first-order chi connectivity index (χ1) is 9.52. The molecule has 1 aromatic heterocycles. The largest absolute Gasteiger partial charge is 0.349 e. The lowest BCUT2D eigenvalue weighted by Gasteiger charge is -2.05. The molecule has 106 valence electrons. The predicted octanol–water partition coefficient (Wildman–Crippen LogP) is 4.75. The van der Waals surface area contributed by atoms with Crippen LogP contribution in [0, 0.1) is 13.8 Å². The summed E-state index contributed by atoms with van der Waals surface area (Å²) in [5.74, 6) is 0.632. The molecule has 0 saturated carbocycles. The Hall–Kier alpha value is -1.19. The van der Waals surface area contributed by atoms with Crippen molar-refractivity contribution < 1.29 is 4.79 Å². The quantitative estimate of drug-likeness (QED) is 0.587. The Bertz CT molecular complexity index is 616. The van der Waals surface area contributed by atoms with Crippen LogP contribution in [0.5, 0.6) is 0 Å². The van der Waals surface area contributed by atoms with Gasteiger partial charge in [0.15, 0.2) is 5.78 Å². The molecule has 0 N–H and O–H groups in total. The second kappa shape index (κ2) is 6.51. The third kappa shape index (κ3) is 3.28. The van der Waals surface area contributed by atoms with Gasteiger partial charge in [-0.2, -0.15) is 0 Å². The number of Topliss-reactive ketones (excluding diaryl/α,β-unsaturated/α-hetero) is 1. The maximum absolute atomic E-state index is 12.3. The lowest BCUT2D eigenvalue weighted by Crippen LogP contribution is -2.05. The van der Waals surface area contributed by atoms with Crippen LogP contribution in [0.1, 0.15) is 28.7 Å². The Morgan fingerprint density at radius 3 is 2.45 bits per heavy atom. The molecule has 0 unspecified atom stereocenters. The number of aryl methyl sites for hydroxylation is 1. The molecule has 1 heterocycles. The fourth-order valence-electron chi connectivity index (χ4n) is 2.33. The molecule has 0 aliphatic rings. The summed E-state index contributed by atoms with van der Waals surface area (Å²) < 4.78 is 2.17. The van der Waals surface area contributed by atoms with Gasteiger partial charge >= 0.3 is 0 Å². The van der Waals surface area contributed by atoms with Crippen molar-refractivity contribution in [2.24, 2.45) is 0 Å². The number of nitrogens with zero attached hydrogens (tertiary/aromatic N) is 1. The number of carbonyl (C=O) groups excluding carboxylic acids is 1. The van der Waals surface area contributed by atoms with Gasteiger partial charge in [0, 0.05) is 33.4 Å². The van der Waals surface area contributed by atoms with Gasteiger partial charge < -0.3 is 4.57 Å². The second-order valence-corrected chi connectivity index (χ2v) is 6.18. The minimum Gasteiger partial charge on any atom is -0.349 e. The minimum atomic E-state index is 0.178. The third-order valence-corrected chi connectivity index (χ3v) is 4.64. The van der Waals surface area contributed by atoms with E-state index < -0.39 is 0 Å². The number of benzene rings is 1. The van der Waals surface area contributed by atoms with Gasteiger partial charge in [-0.15, -0.1) is 11.8 Å². The Morgan fingerprint density at radius 2 is 1.90 bits per heavy atom. The summed E-state index contributed by atoms with van der Waals surface area (Å²) in [5, 5.41) is 0.715. The van der Waals surface area contributed by atoms with E-state index >= 15 is 0 Å². The molecule has 0 saturated heterocycles. The molecule has 0 amide bonds. The smallest absolute Gasteiger partial charge is 0.174 e. The SMILES string of the molecule is CCn1c(C)cc(C(=O)CSc2ccc(Cl)cc2)c1C. The Balaban J connectivity index is 2.07. The normalized spacial score (nSPS) is 10.8. The highest BCUT2D eigenvalue weighted by Crippen LogP contribution is 2.23. The Morgan fingerprint density at radius 1 is 1.25 bits per heavy atom. The van der Waals surface area contributed by atoms with Gasteiger partial charge in [0.1, 0.15) is 0 Å². The van der Waals surface area contributed by atoms with Crippen LogP contribution in [-0.4, -0.2) is 16.1 Å². The van der Waals surface area contributed by atoms with Crippen molar-refractivity contribution in [3.05, 3.63) is 52.3 Å². The lowest BCUT2D eigenvalue weighted by molar-refractivity contribution is 0.102. The number of halogens is 1. The summed E-state index contributed by atoms with van der Waals surface area (Å²) in [4.78, 5) is 13.4. The number of ketones is 1. The first-order valence-electron chi connectivity index (χ1n) is 6.61.